The van der Waals surface area contributed by atoms with Crippen LogP contribution in [0.5, 0.6) is 0 Å². The van der Waals surface area contributed by atoms with Gasteiger partial charge in [-0.25, -0.2) is 4.98 Å². The van der Waals surface area contributed by atoms with Crippen LogP contribution in [0.4, 0.5) is 0 Å². The van der Waals surface area contributed by atoms with Crippen molar-refractivity contribution in [2.75, 3.05) is 13.1 Å². The van der Waals surface area contributed by atoms with Gasteiger partial charge in [0.1, 0.15) is 5.82 Å². The molecule has 19 heavy (non-hydrogen) atoms. The Balaban J connectivity index is 1.90. The minimum absolute atomic E-state index is 0.243. The first kappa shape index (κ1) is 11.5. The Bertz CT molecular complexity index is 603. The lowest BCUT2D eigenvalue weighted by atomic mass is 9.80. The largest absolute Gasteiger partial charge is 0.324 e. The van der Waals surface area contributed by atoms with Crippen LogP contribution in [0.15, 0.2) is 24.3 Å². The Hall–Kier alpha value is -1.35. The molecule has 1 N–H and O–H groups in total. The van der Waals surface area contributed by atoms with Gasteiger partial charge in [-0.05, 0) is 50.9 Å². The SMILES string of the molecule is CC1(c2nc3ccccc3n2C2CC2)CCNCC1. The quantitative estimate of drug-likeness (QED) is 0.894. The van der Waals surface area contributed by atoms with Crippen molar-refractivity contribution < 1.29 is 0 Å². The second-order valence-electron chi connectivity index (χ2n) is 6.34. The van der Waals surface area contributed by atoms with E-state index >= 15 is 0 Å². The van der Waals surface area contributed by atoms with E-state index in [2.05, 4.69) is 41.1 Å². The van der Waals surface area contributed by atoms with Crippen LogP contribution < -0.4 is 5.32 Å². The highest BCUT2D eigenvalue weighted by Gasteiger charge is 2.37. The third-order valence-corrected chi connectivity index (χ3v) is 4.75. The van der Waals surface area contributed by atoms with Gasteiger partial charge in [0.2, 0.25) is 0 Å². The van der Waals surface area contributed by atoms with Crippen molar-refractivity contribution in [3.8, 4) is 0 Å². The molecule has 1 saturated heterocycles. The standard InChI is InChI=1S/C16H21N3/c1-16(8-10-17-11-9-16)15-18-13-4-2-3-5-14(13)19(15)12-6-7-12/h2-5,12,17H,6-11H2,1H3. The van der Waals surface area contributed by atoms with E-state index in [1.807, 2.05) is 0 Å². The number of benzene rings is 1. The third-order valence-electron chi connectivity index (χ3n) is 4.75. The van der Waals surface area contributed by atoms with Crippen molar-refractivity contribution in [1.29, 1.82) is 0 Å². The smallest absolute Gasteiger partial charge is 0.116 e. The molecule has 0 radical (unpaired) electrons. The zero-order valence-electron chi connectivity index (χ0n) is 11.5. The second kappa shape index (κ2) is 4.07. The third kappa shape index (κ3) is 1.79. The minimum Gasteiger partial charge on any atom is -0.324 e. The first-order valence-corrected chi connectivity index (χ1v) is 7.46. The number of nitrogens with zero attached hydrogens (tertiary/aromatic N) is 2. The van der Waals surface area contributed by atoms with E-state index in [0.29, 0.717) is 6.04 Å². The van der Waals surface area contributed by atoms with Gasteiger partial charge in [-0.3, -0.25) is 0 Å². The minimum atomic E-state index is 0.243. The Labute approximate surface area is 114 Å². The van der Waals surface area contributed by atoms with Gasteiger partial charge in [-0.1, -0.05) is 19.1 Å². The summed E-state index contributed by atoms with van der Waals surface area (Å²) in [6.07, 6.45) is 5.04. The number of rotatable bonds is 2. The molecule has 2 heterocycles. The van der Waals surface area contributed by atoms with E-state index in [9.17, 15) is 0 Å². The van der Waals surface area contributed by atoms with Crippen LogP contribution in [-0.4, -0.2) is 22.6 Å². The molecule has 0 atom stereocenters. The van der Waals surface area contributed by atoms with Gasteiger partial charge < -0.3 is 9.88 Å². The van der Waals surface area contributed by atoms with Crippen molar-refractivity contribution in [3.05, 3.63) is 30.1 Å². The predicted molar refractivity (Wildman–Crippen MR) is 77.5 cm³/mol. The fourth-order valence-corrected chi connectivity index (χ4v) is 3.37. The highest BCUT2D eigenvalue weighted by molar-refractivity contribution is 5.76. The Morgan fingerprint density at radius 3 is 2.68 bits per heavy atom. The Kier molecular flexibility index (Phi) is 2.46. The average molecular weight is 255 g/mol. The molecule has 1 aromatic carbocycles. The lowest BCUT2D eigenvalue weighted by Gasteiger charge is -2.34. The number of piperidine rings is 1. The van der Waals surface area contributed by atoms with Crippen LogP contribution in [0.1, 0.15) is 44.5 Å². The maximum absolute atomic E-state index is 5.00. The summed E-state index contributed by atoms with van der Waals surface area (Å²) in [4.78, 5) is 5.00. The normalized spacial score (nSPS) is 22.8. The molecule has 2 aliphatic rings. The fourth-order valence-electron chi connectivity index (χ4n) is 3.37. The number of fused-ring (bicyclic) bond motifs is 1. The van der Waals surface area contributed by atoms with Crippen LogP contribution >= 0.6 is 0 Å². The molecule has 0 unspecified atom stereocenters. The van der Waals surface area contributed by atoms with Gasteiger partial charge >= 0.3 is 0 Å². The van der Waals surface area contributed by atoms with Gasteiger partial charge in [0, 0.05) is 11.5 Å². The summed E-state index contributed by atoms with van der Waals surface area (Å²) in [5, 5.41) is 3.47. The molecule has 1 aromatic heterocycles. The lowest BCUT2D eigenvalue weighted by Crippen LogP contribution is -2.39. The van der Waals surface area contributed by atoms with E-state index in [-0.39, 0.29) is 5.41 Å². The maximum atomic E-state index is 5.00. The molecule has 0 amide bonds. The van der Waals surface area contributed by atoms with Crippen LogP contribution in [0.25, 0.3) is 11.0 Å². The Morgan fingerprint density at radius 1 is 1.21 bits per heavy atom. The monoisotopic (exact) mass is 255 g/mol. The van der Waals surface area contributed by atoms with E-state index in [0.717, 1.165) is 13.1 Å². The molecule has 0 bridgehead atoms. The van der Waals surface area contributed by atoms with Gasteiger partial charge in [0.15, 0.2) is 0 Å². The summed E-state index contributed by atoms with van der Waals surface area (Å²) in [7, 11) is 0. The number of aromatic nitrogens is 2. The molecule has 3 heteroatoms. The van der Waals surface area contributed by atoms with Gasteiger partial charge in [0.25, 0.3) is 0 Å². The summed E-state index contributed by atoms with van der Waals surface area (Å²) in [5.41, 5.74) is 2.75. The van der Waals surface area contributed by atoms with E-state index < -0.39 is 0 Å². The van der Waals surface area contributed by atoms with E-state index in [1.54, 1.807) is 0 Å². The van der Waals surface area contributed by atoms with Crippen molar-refractivity contribution in [3.63, 3.8) is 0 Å². The highest BCUT2D eigenvalue weighted by atomic mass is 15.1. The van der Waals surface area contributed by atoms with Gasteiger partial charge in [0.05, 0.1) is 11.0 Å². The van der Waals surface area contributed by atoms with Crippen LogP contribution in [-0.2, 0) is 5.41 Å². The summed E-state index contributed by atoms with van der Waals surface area (Å²) in [5.74, 6) is 1.33. The molecule has 2 fully saturated rings. The molecule has 4 rings (SSSR count). The van der Waals surface area contributed by atoms with Gasteiger partial charge in [-0.15, -0.1) is 0 Å². The fraction of sp³-hybridized carbons (Fsp3) is 0.562. The van der Waals surface area contributed by atoms with Crippen LogP contribution in [0.2, 0.25) is 0 Å². The maximum Gasteiger partial charge on any atom is 0.116 e. The first-order chi connectivity index (χ1) is 9.28. The van der Waals surface area contributed by atoms with Crippen LogP contribution in [0, 0.1) is 0 Å². The number of hydrogen-bond acceptors (Lipinski definition) is 2. The molecule has 0 spiro atoms. The van der Waals surface area contributed by atoms with Crippen molar-refractivity contribution in [1.82, 2.24) is 14.9 Å². The average Bonchev–Trinajstić information content (AvgIpc) is 3.19. The number of para-hydroxylation sites is 2. The van der Waals surface area contributed by atoms with Crippen molar-refractivity contribution >= 4 is 11.0 Å². The summed E-state index contributed by atoms with van der Waals surface area (Å²) in [6, 6.07) is 9.32. The molecular formula is C16H21N3. The zero-order valence-corrected chi connectivity index (χ0v) is 11.5. The molecular weight excluding hydrogens is 234 g/mol. The molecule has 2 aromatic rings. The number of hydrogen-bond donors (Lipinski definition) is 1. The highest BCUT2D eigenvalue weighted by Crippen LogP contribution is 2.43. The molecule has 3 nitrogen and oxygen atoms in total. The lowest BCUT2D eigenvalue weighted by molar-refractivity contribution is 0.310. The van der Waals surface area contributed by atoms with Crippen LogP contribution in [0.3, 0.4) is 0 Å². The van der Waals surface area contributed by atoms with Gasteiger partial charge in [-0.2, -0.15) is 0 Å². The topological polar surface area (TPSA) is 29.9 Å². The van der Waals surface area contributed by atoms with Crippen molar-refractivity contribution in [2.24, 2.45) is 0 Å². The second-order valence-corrected chi connectivity index (χ2v) is 6.34. The number of nitrogens with one attached hydrogen (secondary N) is 1. The predicted octanol–water partition coefficient (Wildman–Crippen LogP) is 3.01. The van der Waals surface area contributed by atoms with Crippen molar-refractivity contribution in [2.45, 2.75) is 44.1 Å². The summed E-state index contributed by atoms with van der Waals surface area (Å²) >= 11 is 0. The molecule has 100 valence electrons. The zero-order chi connectivity index (χ0) is 12.9. The van der Waals surface area contributed by atoms with E-state index in [1.165, 1.54) is 42.5 Å². The summed E-state index contributed by atoms with van der Waals surface area (Å²) in [6.45, 7) is 4.63. The Morgan fingerprint density at radius 2 is 1.95 bits per heavy atom. The molecule has 1 aliphatic carbocycles. The summed E-state index contributed by atoms with van der Waals surface area (Å²) < 4.78 is 2.54. The molecule has 1 saturated carbocycles. The first-order valence-electron chi connectivity index (χ1n) is 7.46. The van der Waals surface area contributed by atoms with E-state index in [4.69, 9.17) is 4.98 Å². The number of imidazole rings is 1. The molecule has 1 aliphatic heterocycles.